The molecule has 0 aliphatic rings. The maximum Gasteiger partial charge on any atom is 0.306 e. The maximum atomic E-state index is 12.8. The lowest BCUT2D eigenvalue weighted by molar-refractivity contribution is -0.167. The third-order valence-corrected chi connectivity index (χ3v) is 11.2. The molecule has 0 spiro atoms. The van der Waals surface area contributed by atoms with Gasteiger partial charge in [-0.15, -0.1) is 0 Å². The summed E-state index contributed by atoms with van der Waals surface area (Å²) in [5, 5.41) is 0. The lowest BCUT2D eigenvalue weighted by Crippen LogP contribution is -2.30. The molecule has 0 aromatic heterocycles. The Morgan fingerprint density at radius 1 is 0.313 bits per heavy atom. The van der Waals surface area contributed by atoms with Crippen LogP contribution in [0.15, 0.2) is 109 Å². The van der Waals surface area contributed by atoms with Gasteiger partial charge in [0.25, 0.3) is 0 Å². The van der Waals surface area contributed by atoms with E-state index in [2.05, 4.69) is 130 Å². The Morgan fingerprint density at radius 3 is 0.910 bits per heavy atom. The number of carbonyl (C=O) groups excluding carboxylic acids is 3. The van der Waals surface area contributed by atoms with Crippen LogP contribution in [0.4, 0.5) is 0 Å². The van der Waals surface area contributed by atoms with Gasteiger partial charge in [0.1, 0.15) is 13.2 Å². The zero-order chi connectivity index (χ0) is 48.6. The van der Waals surface area contributed by atoms with Crippen molar-refractivity contribution in [3.05, 3.63) is 109 Å². The average Bonchev–Trinajstić information content (AvgIpc) is 3.33. The molecule has 0 saturated heterocycles. The van der Waals surface area contributed by atoms with Crippen molar-refractivity contribution in [1.29, 1.82) is 0 Å². The first-order chi connectivity index (χ1) is 33.0. The fraction of sp³-hybridized carbons (Fsp3) is 0.656. The molecule has 67 heavy (non-hydrogen) atoms. The number of ether oxygens (including phenoxy) is 3. The molecule has 0 amide bonds. The van der Waals surface area contributed by atoms with Gasteiger partial charge in [0.15, 0.2) is 6.10 Å². The number of unbranched alkanes of at least 4 members (excludes halogenated alkanes) is 19. The second kappa shape index (κ2) is 54.7. The summed E-state index contributed by atoms with van der Waals surface area (Å²) < 4.78 is 16.8. The average molecular weight is 929 g/mol. The molecule has 0 bridgehead atoms. The van der Waals surface area contributed by atoms with Crippen LogP contribution in [0.5, 0.6) is 0 Å². The molecular formula is C61H100O6. The Balaban J connectivity index is 4.52. The van der Waals surface area contributed by atoms with Crippen molar-refractivity contribution < 1.29 is 28.6 Å². The summed E-state index contributed by atoms with van der Waals surface area (Å²) in [6, 6.07) is 0. The number of carbonyl (C=O) groups is 3. The molecule has 0 unspecified atom stereocenters. The largest absolute Gasteiger partial charge is 0.462 e. The molecule has 0 radical (unpaired) electrons. The lowest BCUT2D eigenvalue weighted by Gasteiger charge is -2.18. The summed E-state index contributed by atoms with van der Waals surface area (Å²) in [6.07, 6.45) is 73.5. The molecule has 0 aliphatic heterocycles. The summed E-state index contributed by atoms with van der Waals surface area (Å²) >= 11 is 0. The van der Waals surface area contributed by atoms with Crippen LogP contribution in [0.3, 0.4) is 0 Å². The minimum Gasteiger partial charge on any atom is -0.462 e. The van der Waals surface area contributed by atoms with Crippen molar-refractivity contribution >= 4 is 17.9 Å². The highest BCUT2D eigenvalue weighted by Crippen LogP contribution is 2.13. The molecule has 0 aliphatic carbocycles. The molecule has 0 fully saturated rings. The van der Waals surface area contributed by atoms with Gasteiger partial charge in [-0.05, 0) is 128 Å². The first-order valence-electron chi connectivity index (χ1n) is 27.4. The van der Waals surface area contributed by atoms with E-state index in [9.17, 15) is 14.4 Å². The molecule has 0 aromatic rings. The molecule has 0 saturated carbocycles. The molecule has 0 aromatic carbocycles. The van der Waals surface area contributed by atoms with E-state index in [4.69, 9.17) is 14.2 Å². The van der Waals surface area contributed by atoms with Gasteiger partial charge in [-0.2, -0.15) is 0 Å². The van der Waals surface area contributed by atoms with Crippen LogP contribution in [0.1, 0.15) is 239 Å². The first-order valence-corrected chi connectivity index (χ1v) is 27.4. The highest BCUT2D eigenvalue weighted by atomic mass is 16.6. The highest BCUT2D eigenvalue weighted by molar-refractivity contribution is 5.71. The monoisotopic (exact) mass is 929 g/mol. The van der Waals surface area contributed by atoms with Gasteiger partial charge in [-0.3, -0.25) is 14.4 Å². The van der Waals surface area contributed by atoms with E-state index >= 15 is 0 Å². The summed E-state index contributed by atoms with van der Waals surface area (Å²) in [7, 11) is 0. The Morgan fingerprint density at radius 2 is 0.582 bits per heavy atom. The molecule has 0 heterocycles. The van der Waals surface area contributed by atoms with Crippen molar-refractivity contribution in [2.75, 3.05) is 13.2 Å². The maximum absolute atomic E-state index is 12.8. The van der Waals surface area contributed by atoms with Crippen molar-refractivity contribution in [2.24, 2.45) is 0 Å². The van der Waals surface area contributed by atoms with Crippen molar-refractivity contribution in [3.8, 4) is 0 Å². The van der Waals surface area contributed by atoms with E-state index < -0.39 is 6.10 Å². The number of esters is 3. The van der Waals surface area contributed by atoms with Crippen LogP contribution >= 0.6 is 0 Å². The Hall–Kier alpha value is -3.93. The van der Waals surface area contributed by atoms with Crippen LogP contribution in [-0.2, 0) is 28.6 Å². The van der Waals surface area contributed by atoms with E-state index in [1.165, 1.54) is 51.4 Å². The van der Waals surface area contributed by atoms with Crippen LogP contribution in [0, 0.1) is 0 Å². The summed E-state index contributed by atoms with van der Waals surface area (Å²) in [5.74, 6) is -0.967. The topological polar surface area (TPSA) is 78.9 Å². The van der Waals surface area contributed by atoms with Gasteiger partial charge >= 0.3 is 17.9 Å². The summed E-state index contributed by atoms with van der Waals surface area (Å²) in [4.78, 5) is 38.1. The van der Waals surface area contributed by atoms with Crippen LogP contribution < -0.4 is 0 Å². The number of hydrogen-bond donors (Lipinski definition) is 0. The van der Waals surface area contributed by atoms with Crippen molar-refractivity contribution in [2.45, 2.75) is 245 Å². The smallest absolute Gasteiger partial charge is 0.306 e. The fourth-order valence-corrected chi connectivity index (χ4v) is 7.12. The number of rotatable bonds is 48. The van der Waals surface area contributed by atoms with Gasteiger partial charge in [0.05, 0.1) is 0 Å². The van der Waals surface area contributed by atoms with Gasteiger partial charge in [-0.1, -0.05) is 201 Å². The van der Waals surface area contributed by atoms with Gasteiger partial charge in [0, 0.05) is 19.3 Å². The third-order valence-electron chi connectivity index (χ3n) is 11.2. The quantitative estimate of drug-likeness (QED) is 0.0262. The zero-order valence-electron chi connectivity index (χ0n) is 43.4. The lowest BCUT2D eigenvalue weighted by atomic mass is 10.1. The van der Waals surface area contributed by atoms with E-state index in [0.29, 0.717) is 19.3 Å². The minimum absolute atomic E-state index is 0.106. The van der Waals surface area contributed by atoms with Gasteiger partial charge < -0.3 is 14.2 Å². The van der Waals surface area contributed by atoms with Crippen molar-refractivity contribution in [3.63, 3.8) is 0 Å². The van der Waals surface area contributed by atoms with Crippen LogP contribution in [0.25, 0.3) is 0 Å². The Labute approximate surface area is 412 Å². The molecule has 0 N–H and O–H groups in total. The van der Waals surface area contributed by atoms with E-state index in [-0.39, 0.29) is 31.1 Å². The van der Waals surface area contributed by atoms with Crippen LogP contribution in [-0.4, -0.2) is 37.2 Å². The normalized spacial score (nSPS) is 12.9. The molecular weight excluding hydrogens is 829 g/mol. The Bertz CT molecular complexity index is 1390. The number of hydrogen-bond acceptors (Lipinski definition) is 6. The zero-order valence-corrected chi connectivity index (χ0v) is 43.4. The molecule has 6 nitrogen and oxygen atoms in total. The molecule has 0 rings (SSSR count). The van der Waals surface area contributed by atoms with E-state index in [1.807, 2.05) is 0 Å². The van der Waals surface area contributed by atoms with Gasteiger partial charge in [-0.25, -0.2) is 0 Å². The Kier molecular flexibility index (Phi) is 51.5. The number of allylic oxidation sites excluding steroid dienone is 18. The summed E-state index contributed by atoms with van der Waals surface area (Å²) in [6.45, 7) is 6.41. The predicted octanol–water partition coefficient (Wildman–Crippen LogP) is 18.3. The van der Waals surface area contributed by atoms with E-state index in [1.54, 1.807) is 0 Å². The second-order valence-electron chi connectivity index (χ2n) is 17.7. The third kappa shape index (κ3) is 52.9. The van der Waals surface area contributed by atoms with Gasteiger partial charge in [0.2, 0.25) is 0 Å². The molecule has 6 heteroatoms. The standard InChI is InChI=1S/C61H100O6/c1-4-7-10-13-16-19-22-25-28-30-33-36-39-42-45-48-51-54-60(63)66-57-58(56-65-59(62)53-50-47-44-41-38-35-32-27-24-21-18-15-12-9-6-3)67-61(64)55-52-49-46-43-40-37-34-31-29-26-23-20-17-14-11-8-5-2/h9,12,16-21,25-29,32-34,36-37,58H,4-8,10-11,13-15,22-24,30-31,35,38-57H2,1-3H3/b12-9+,19-16+,20-17+,21-18+,28-25+,29-26+,32-27+,36-33+,37-34+/t58-/m1/s1. The second-order valence-corrected chi connectivity index (χ2v) is 17.7. The summed E-state index contributed by atoms with van der Waals surface area (Å²) in [5.41, 5.74) is 0. The SMILES string of the molecule is CC/C=C/C/C=C/C/C=C/CCCCCCCC(=O)OC[C@H](COC(=O)CCCCCC/C=C/C/C=C/C/C=C/CCCCC)OC(=O)CCCCCC/C=C/C/C=C/C/C=C/CCCCC. The predicted molar refractivity (Wildman–Crippen MR) is 288 cm³/mol. The fourth-order valence-electron chi connectivity index (χ4n) is 7.12. The molecule has 1 atom stereocenters. The first kappa shape index (κ1) is 63.1. The minimum atomic E-state index is -0.809. The molecule has 380 valence electrons. The highest BCUT2D eigenvalue weighted by Gasteiger charge is 2.19. The van der Waals surface area contributed by atoms with Crippen molar-refractivity contribution in [1.82, 2.24) is 0 Å². The van der Waals surface area contributed by atoms with E-state index in [0.717, 1.165) is 148 Å². The van der Waals surface area contributed by atoms with Crippen LogP contribution in [0.2, 0.25) is 0 Å².